The number of fused-ring (bicyclic) bond motifs is 1. The molecule has 0 aliphatic carbocycles. The van der Waals surface area contributed by atoms with E-state index in [2.05, 4.69) is 10.6 Å². The second-order valence-corrected chi connectivity index (χ2v) is 6.92. The van der Waals surface area contributed by atoms with Crippen LogP contribution < -0.4 is 15.4 Å². The second-order valence-electron chi connectivity index (χ2n) is 6.51. The molecule has 3 aromatic carbocycles. The van der Waals surface area contributed by atoms with Gasteiger partial charge in [0.05, 0.1) is 11.6 Å². The number of carbonyl (C=O) groups excluding carboxylic acids is 2. The number of rotatable bonds is 9. The van der Waals surface area contributed by atoms with Gasteiger partial charge in [0.2, 0.25) is 5.91 Å². The Labute approximate surface area is 175 Å². The van der Waals surface area contributed by atoms with Crippen molar-refractivity contribution in [2.75, 3.05) is 19.7 Å². The molecule has 3 aromatic rings. The van der Waals surface area contributed by atoms with Crippen LogP contribution in [0.5, 0.6) is 5.75 Å². The van der Waals surface area contributed by atoms with Crippen molar-refractivity contribution in [2.45, 2.75) is 12.8 Å². The fraction of sp³-hybridized carbons (Fsp3) is 0.217. The van der Waals surface area contributed by atoms with E-state index in [-0.39, 0.29) is 11.8 Å². The smallest absolute Gasteiger partial charge is 0.251 e. The highest BCUT2D eigenvalue weighted by atomic mass is 35.5. The van der Waals surface area contributed by atoms with Crippen LogP contribution in [0.25, 0.3) is 10.8 Å². The van der Waals surface area contributed by atoms with Crippen LogP contribution in [0, 0.1) is 0 Å². The molecule has 29 heavy (non-hydrogen) atoms. The van der Waals surface area contributed by atoms with Gasteiger partial charge in [-0.2, -0.15) is 0 Å². The number of halogens is 1. The van der Waals surface area contributed by atoms with Crippen LogP contribution >= 0.6 is 11.6 Å². The Bertz CT molecular complexity index is 985. The lowest BCUT2D eigenvalue weighted by Crippen LogP contribution is -2.34. The fourth-order valence-electron chi connectivity index (χ4n) is 2.96. The first-order valence-corrected chi connectivity index (χ1v) is 9.93. The zero-order valence-electron chi connectivity index (χ0n) is 16.0. The Kier molecular flexibility index (Phi) is 7.47. The number of hydrogen-bond donors (Lipinski definition) is 2. The minimum atomic E-state index is -0.149. The molecular weight excluding hydrogens is 388 g/mol. The normalized spacial score (nSPS) is 10.5. The molecule has 0 fully saturated rings. The zero-order chi connectivity index (χ0) is 20.5. The number of benzene rings is 3. The van der Waals surface area contributed by atoms with E-state index in [9.17, 15) is 9.59 Å². The maximum Gasteiger partial charge on any atom is 0.251 e. The van der Waals surface area contributed by atoms with Crippen molar-refractivity contribution in [3.8, 4) is 5.75 Å². The number of nitrogens with one attached hydrogen (secondary N) is 2. The molecule has 0 atom stereocenters. The maximum absolute atomic E-state index is 12.4. The van der Waals surface area contributed by atoms with Crippen molar-refractivity contribution in [3.63, 3.8) is 0 Å². The van der Waals surface area contributed by atoms with Gasteiger partial charge >= 0.3 is 0 Å². The van der Waals surface area contributed by atoms with E-state index in [1.54, 1.807) is 18.2 Å². The van der Waals surface area contributed by atoms with E-state index < -0.39 is 0 Å². The molecule has 2 amide bonds. The monoisotopic (exact) mass is 410 g/mol. The van der Waals surface area contributed by atoms with Crippen molar-refractivity contribution < 1.29 is 14.3 Å². The van der Waals surface area contributed by atoms with Crippen molar-refractivity contribution >= 4 is 34.2 Å². The molecule has 0 unspecified atom stereocenters. The van der Waals surface area contributed by atoms with E-state index in [0.29, 0.717) is 48.9 Å². The van der Waals surface area contributed by atoms with Gasteiger partial charge in [-0.1, -0.05) is 60.1 Å². The standard InChI is InChI=1S/C23H23ClN2O3/c24-20-11-3-4-12-21(20)29-16-6-13-22(27)25-14-15-26-23(28)19-10-5-8-17-7-1-2-9-18(17)19/h1-5,7-12H,6,13-16H2,(H,25,27)(H,26,28). The van der Waals surface area contributed by atoms with Crippen molar-refractivity contribution in [1.82, 2.24) is 10.6 Å². The van der Waals surface area contributed by atoms with Crippen LogP contribution in [0.1, 0.15) is 23.2 Å². The average molecular weight is 411 g/mol. The lowest BCUT2D eigenvalue weighted by molar-refractivity contribution is -0.121. The SMILES string of the molecule is O=C(CCCOc1ccccc1Cl)NCCNC(=O)c1cccc2ccccc12. The number of hydrogen-bond acceptors (Lipinski definition) is 3. The molecule has 150 valence electrons. The van der Waals surface area contributed by atoms with Gasteiger partial charge in [-0.25, -0.2) is 0 Å². The second kappa shape index (κ2) is 10.5. The summed E-state index contributed by atoms with van der Waals surface area (Å²) in [4.78, 5) is 24.3. The number of para-hydroxylation sites is 1. The quantitative estimate of drug-likeness (QED) is 0.519. The maximum atomic E-state index is 12.4. The molecule has 0 aliphatic rings. The first kappa shape index (κ1) is 20.7. The summed E-state index contributed by atoms with van der Waals surface area (Å²) >= 11 is 6.01. The molecule has 0 aromatic heterocycles. The third-order valence-corrected chi connectivity index (χ3v) is 4.72. The minimum Gasteiger partial charge on any atom is -0.492 e. The summed E-state index contributed by atoms with van der Waals surface area (Å²) in [5.41, 5.74) is 0.631. The summed E-state index contributed by atoms with van der Waals surface area (Å²) in [6, 6.07) is 20.6. The Morgan fingerprint density at radius 3 is 2.45 bits per heavy atom. The fourth-order valence-corrected chi connectivity index (χ4v) is 3.15. The molecule has 0 spiro atoms. The van der Waals surface area contributed by atoms with Crippen molar-refractivity contribution in [2.24, 2.45) is 0 Å². The van der Waals surface area contributed by atoms with E-state index in [1.807, 2.05) is 48.5 Å². The summed E-state index contributed by atoms with van der Waals surface area (Å²) in [6.45, 7) is 1.15. The molecule has 0 saturated heterocycles. The molecule has 5 nitrogen and oxygen atoms in total. The van der Waals surface area contributed by atoms with Crippen LogP contribution in [0.15, 0.2) is 66.7 Å². The summed E-state index contributed by atoms with van der Waals surface area (Å²) < 4.78 is 5.56. The molecule has 3 rings (SSSR count). The van der Waals surface area contributed by atoms with Gasteiger partial charge in [0.1, 0.15) is 5.75 Å². The van der Waals surface area contributed by atoms with Crippen molar-refractivity contribution in [3.05, 3.63) is 77.3 Å². The summed E-state index contributed by atoms with van der Waals surface area (Å²) in [5.74, 6) is 0.391. The minimum absolute atomic E-state index is 0.0767. The van der Waals surface area contributed by atoms with Gasteiger partial charge in [-0.3, -0.25) is 9.59 Å². The molecule has 0 heterocycles. The number of carbonyl (C=O) groups is 2. The van der Waals surface area contributed by atoms with Gasteiger partial charge < -0.3 is 15.4 Å². The van der Waals surface area contributed by atoms with E-state index in [1.165, 1.54) is 0 Å². The molecule has 0 aliphatic heterocycles. The molecular formula is C23H23ClN2O3. The highest BCUT2D eigenvalue weighted by molar-refractivity contribution is 6.32. The van der Waals surface area contributed by atoms with Crippen LogP contribution in [-0.2, 0) is 4.79 Å². The Hall–Kier alpha value is -3.05. The predicted molar refractivity (Wildman–Crippen MR) is 115 cm³/mol. The lowest BCUT2D eigenvalue weighted by atomic mass is 10.0. The van der Waals surface area contributed by atoms with Crippen LogP contribution in [0.2, 0.25) is 5.02 Å². The van der Waals surface area contributed by atoms with Crippen molar-refractivity contribution in [1.29, 1.82) is 0 Å². The van der Waals surface area contributed by atoms with Crippen LogP contribution in [0.3, 0.4) is 0 Å². The average Bonchev–Trinajstić information content (AvgIpc) is 2.75. The number of ether oxygens (including phenoxy) is 1. The van der Waals surface area contributed by atoms with E-state index in [4.69, 9.17) is 16.3 Å². The van der Waals surface area contributed by atoms with Gasteiger partial charge in [0.25, 0.3) is 5.91 Å². The molecule has 0 saturated carbocycles. The summed E-state index contributed by atoms with van der Waals surface area (Å²) in [6.07, 6.45) is 0.932. The van der Waals surface area contributed by atoms with E-state index in [0.717, 1.165) is 10.8 Å². The Morgan fingerprint density at radius 1 is 0.862 bits per heavy atom. The number of amides is 2. The Balaban J connectivity index is 1.34. The first-order chi connectivity index (χ1) is 14.1. The highest BCUT2D eigenvalue weighted by Gasteiger charge is 2.09. The van der Waals surface area contributed by atoms with Crippen LogP contribution in [0.4, 0.5) is 0 Å². The third-order valence-electron chi connectivity index (χ3n) is 4.41. The summed E-state index contributed by atoms with van der Waals surface area (Å²) in [5, 5.41) is 8.14. The zero-order valence-corrected chi connectivity index (χ0v) is 16.7. The van der Waals surface area contributed by atoms with E-state index >= 15 is 0 Å². The molecule has 0 radical (unpaired) electrons. The first-order valence-electron chi connectivity index (χ1n) is 9.55. The largest absolute Gasteiger partial charge is 0.492 e. The Morgan fingerprint density at radius 2 is 1.59 bits per heavy atom. The van der Waals surface area contributed by atoms with Gasteiger partial charge in [0, 0.05) is 25.1 Å². The van der Waals surface area contributed by atoms with Crippen LogP contribution in [-0.4, -0.2) is 31.5 Å². The predicted octanol–water partition coefficient (Wildman–Crippen LogP) is 4.20. The molecule has 6 heteroatoms. The third kappa shape index (κ3) is 5.96. The van der Waals surface area contributed by atoms with Gasteiger partial charge in [-0.05, 0) is 35.4 Å². The molecule has 2 N–H and O–H groups in total. The highest BCUT2D eigenvalue weighted by Crippen LogP contribution is 2.23. The lowest BCUT2D eigenvalue weighted by Gasteiger charge is -2.10. The van der Waals surface area contributed by atoms with Gasteiger partial charge in [0.15, 0.2) is 0 Å². The topological polar surface area (TPSA) is 67.4 Å². The molecule has 0 bridgehead atoms. The summed E-state index contributed by atoms with van der Waals surface area (Å²) in [7, 11) is 0. The van der Waals surface area contributed by atoms with Gasteiger partial charge in [-0.15, -0.1) is 0 Å².